The lowest BCUT2D eigenvalue weighted by atomic mass is 9.98. The molecule has 2 aliphatic rings. The molecule has 2 nitrogen and oxygen atoms in total. The van der Waals surface area contributed by atoms with Gasteiger partial charge in [0.15, 0.2) is 0 Å². The van der Waals surface area contributed by atoms with Crippen LogP contribution in [0.3, 0.4) is 0 Å². The van der Waals surface area contributed by atoms with Crippen molar-refractivity contribution in [1.29, 1.82) is 0 Å². The van der Waals surface area contributed by atoms with Gasteiger partial charge in [-0.2, -0.15) is 0 Å². The average molecular weight is 287 g/mol. The van der Waals surface area contributed by atoms with Crippen LogP contribution in [-0.2, 0) is 11.3 Å². The van der Waals surface area contributed by atoms with Crippen LogP contribution in [0.25, 0.3) is 0 Å². The van der Waals surface area contributed by atoms with Gasteiger partial charge in [-0.3, -0.25) is 0 Å². The second kappa shape index (κ2) is 6.50. The molecule has 21 heavy (non-hydrogen) atoms. The fourth-order valence-electron chi connectivity index (χ4n) is 3.82. The third kappa shape index (κ3) is 3.67. The third-order valence-corrected chi connectivity index (χ3v) is 5.20. The monoisotopic (exact) mass is 287 g/mol. The van der Waals surface area contributed by atoms with Crippen LogP contribution in [0.2, 0.25) is 0 Å². The van der Waals surface area contributed by atoms with Crippen molar-refractivity contribution in [2.75, 3.05) is 6.54 Å². The number of ether oxygens (including phenoxy) is 1. The Morgan fingerprint density at radius 2 is 1.86 bits per heavy atom. The molecule has 0 aromatic heterocycles. The van der Waals surface area contributed by atoms with E-state index in [0.717, 1.165) is 13.1 Å². The van der Waals surface area contributed by atoms with Crippen LogP contribution >= 0.6 is 0 Å². The molecule has 1 aromatic rings. The highest BCUT2D eigenvalue weighted by molar-refractivity contribution is 5.24. The highest BCUT2D eigenvalue weighted by atomic mass is 16.5. The normalized spacial score (nSPS) is 24.2. The van der Waals surface area contributed by atoms with Gasteiger partial charge < -0.3 is 10.1 Å². The van der Waals surface area contributed by atoms with Gasteiger partial charge in [-0.1, -0.05) is 51.0 Å². The Bertz CT molecular complexity index is 445. The van der Waals surface area contributed by atoms with Crippen molar-refractivity contribution < 1.29 is 4.74 Å². The zero-order valence-corrected chi connectivity index (χ0v) is 13.5. The molecule has 1 spiro atoms. The standard InChI is InChI=1S/C19H29NO/c1-15(2)17-7-5-16(6-8-17)13-20-14-18-9-12-19(21-18)10-3-4-11-19/h5-8,15,18,20H,3-4,9-14H2,1-2H3. The first-order valence-electron chi connectivity index (χ1n) is 8.64. The molecule has 2 fully saturated rings. The number of hydrogen-bond donors (Lipinski definition) is 1. The zero-order valence-electron chi connectivity index (χ0n) is 13.5. The predicted molar refractivity (Wildman–Crippen MR) is 87.5 cm³/mol. The first-order valence-corrected chi connectivity index (χ1v) is 8.64. The smallest absolute Gasteiger partial charge is 0.0708 e. The molecule has 1 aromatic carbocycles. The summed E-state index contributed by atoms with van der Waals surface area (Å²) < 4.78 is 6.34. The number of hydrogen-bond acceptors (Lipinski definition) is 2. The van der Waals surface area contributed by atoms with Crippen molar-refractivity contribution >= 4 is 0 Å². The van der Waals surface area contributed by atoms with Crippen molar-refractivity contribution in [2.45, 2.75) is 76.5 Å². The Hall–Kier alpha value is -0.860. The van der Waals surface area contributed by atoms with Crippen molar-refractivity contribution in [3.63, 3.8) is 0 Å². The highest BCUT2D eigenvalue weighted by Crippen LogP contribution is 2.43. The van der Waals surface area contributed by atoms with Gasteiger partial charge in [0.25, 0.3) is 0 Å². The molecule has 1 N–H and O–H groups in total. The fourth-order valence-corrected chi connectivity index (χ4v) is 3.82. The number of rotatable bonds is 5. The summed E-state index contributed by atoms with van der Waals surface area (Å²) in [5, 5.41) is 3.57. The van der Waals surface area contributed by atoms with E-state index in [-0.39, 0.29) is 5.60 Å². The van der Waals surface area contributed by atoms with Gasteiger partial charge in [0.1, 0.15) is 0 Å². The van der Waals surface area contributed by atoms with Crippen LogP contribution < -0.4 is 5.32 Å². The van der Waals surface area contributed by atoms with E-state index in [4.69, 9.17) is 4.74 Å². The van der Waals surface area contributed by atoms with E-state index in [9.17, 15) is 0 Å². The van der Waals surface area contributed by atoms with Gasteiger partial charge in [-0.25, -0.2) is 0 Å². The lowest BCUT2D eigenvalue weighted by Gasteiger charge is -2.24. The van der Waals surface area contributed by atoms with Crippen LogP contribution in [0.15, 0.2) is 24.3 Å². The quantitative estimate of drug-likeness (QED) is 0.867. The van der Waals surface area contributed by atoms with E-state index < -0.39 is 0 Å². The summed E-state index contributed by atoms with van der Waals surface area (Å²) in [6.45, 7) is 6.42. The molecule has 1 aliphatic carbocycles. The molecule has 1 atom stereocenters. The van der Waals surface area contributed by atoms with Gasteiger partial charge in [-0.05, 0) is 42.7 Å². The van der Waals surface area contributed by atoms with Crippen molar-refractivity contribution in [2.24, 2.45) is 0 Å². The van der Waals surface area contributed by atoms with E-state index in [0.29, 0.717) is 12.0 Å². The molecule has 1 heterocycles. The molecule has 3 rings (SSSR count). The maximum absolute atomic E-state index is 6.34. The molecule has 116 valence electrons. The predicted octanol–water partition coefficient (Wildman–Crippen LogP) is 4.39. The van der Waals surface area contributed by atoms with Crippen molar-refractivity contribution in [3.8, 4) is 0 Å². The summed E-state index contributed by atoms with van der Waals surface area (Å²) in [7, 11) is 0. The van der Waals surface area contributed by atoms with E-state index in [1.54, 1.807) is 0 Å². The van der Waals surface area contributed by atoms with Crippen molar-refractivity contribution in [3.05, 3.63) is 35.4 Å². The first kappa shape index (κ1) is 15.1. The summed E-state index contributed by atoms with van der Waals surface area (Å²) in [6.07, 6.45) is 8.25. The van der Waals surface area contributed by atoms with Crippen LogP contribution in [0.5, 0.6) is 0 Å². The Kier molecular flexibility index (Phi) is 4.66. The lowest BCUT2D eigenvalue weighted by molar-refractivity contribution is -0.0351. The van der Waals surface area contributed by atoms with E-state index in [1.165, 1.54) is 49.7 Å². The molecule has 1 saturated heterocycles. The minimum absolute atomic E-state index is 0.269. The summed E-state index contributed by atoms with van der Waals surface area (Å²) in [4.78, 5) is 0. The van der Waals surface area contributed by atoms with Gasteiger partial charge in [-0.15, -0.1) is 0 Å². The summed E-state index contributed by atoms with van der Waals surface area (Å²) in [6, 6.07) is 9.00. The molecule has 0 radical (unpaired) electrons. The topological polar surface area (TPSA) is 21.3 Å². The second-order valence-corrected chi connectivity index (χ2v) is 7.20. The fraction of sp³-hybridized carbons (Fsp3) is 0.684. The Morgan fingerprint density at radius 1 is 1.14 bits per heavy atom. The largest absolute Gasteiger partial charge is 0.370 e. The molecule has 1 unspecified atom stereocenters. The second-order valence-electron chi connectivity index (χ2n) is 7.20. The number of nitrogens with one attached hydrogen (secondary N) is 1. The molecule has 0 bridgehead atoms. The molecule has 0 amide bonds. The highest BCUT2D eigenvalue weighted by Gasteiger charge is 2.41. The van der Waals surface area contributed by atoms with Crippen LogP contribution in [0, 0.1) is 0 Å². The lowest BCUT2D eigenvalue weighted by Crippen LogP contribution is -2.30. The van der Waals surface area contributed by atoms with E-state index in [2.05, 4.69) is 43.4 Å². The van der Waals surface area contributed by atoms with E-state index in [1.807, 2.05) is 0 Å². The summed E-state index contributed by atoms with van der Waals surface area (Å²) in [5.41, 5.74) is 3.06. The minimum atomic E-state index is 0.269. The first-order chi connectivity index (χ1) is 10.2. The van der Waals surface area contributed by atoms with Crippen molar-refractivity contribution in [1.82, 2.24) is 5.32 Å². The molecule has 1 saturated carbocycles. The molecule has 1 aliphatic heterocycles. The third-order valence-electron chi connectivity index (χ3n) is 5.20. The Labute approximate surface area is 129 Å². The maximum atomic E-state index is 6.34. The maximum Gasteiger partial charge on any atom is 0.0708 e. The SMILES string of the molecule is CC(C)c1ccc(CNCC2CCC3(CCCC3)O2)cc1. The minimum Gasteiger partial charge on any atom is -0.370 e. The zero-order chi connectivity index (χ0) is 14.7. The van der Waals surface area contributed by atoms with Crippen LogP contribution in [0.1, 0.15) is 69.4 Å². The van der Waals surface area contributed by atoms with Crippen LogP contribution in [0.4, 0.5) is 0 Å². The van der Waals surface area contributed by atoms with Crippen LogP contribution in [-0.4, -0.2) is 18.2 Å². The Morgan fingerprint density at radius 3 is 2.52 bits per heavy atom. The average Bonchev–Trinajstić information content (AvgIpc) is 3.10. The van der Waals surface area contributed by atoms with Gasteiger partial charge >= 0.3 is 0 Å². The summed E-state index contributed by atoms with van der Waals surface area (Å²) in [5.74, 6) is 0.612. The summed E-state index contributed by atoms with van der Waals surface area (Å²) >= 11 is 0. The number of benzene rings is 1. The van der Waals surface area contributed by atoms with Gasteiger partial charge in [0, 0.05) is 13.1 Å². The molecule has 2 heteroatoms. The van der Waals surface area contributed by atoms with Gasteiger partial charge in [0.05, 0.1) is 11.7 Å². The van der Waals surface area contributed by atoms with Gasteiger partial charge in [0.2, 0.25) is 0 Å². The molecular formula is C19H29NO. The molecular weight excluding hydrogens is 258 g/mol. The van der Waals surface area contributed by atoms with E-state index >= 15 is 0 Å². The Balaban J connectivity index is 1.42.